The van der Waals surface area contributed by atoms with Crippen molar-refractivity contribution >= 4 is 11.9 Å². The van der Waals surface area contributed by atoms with Crippen molar-refractivity contribution in [3.63, 3.8) is 0 Å². The molecule has 2 heterocycles. The average Bonchev–Trinajstić information content (AvgIpc) is 2.79. The Hall–Kier alpha value is -1.35. The number of aliphatic hydroxyl groups excluding tert-OH is 1. The molecule has 2 N–H and O–H groups in total. The first-order valence-corrected chi connectivity index (χ1v) is 5.72. The van der Waals surface area contributed by atoms with E-state index in [4.69, 9.17) is 9.84 Å². The quantitative estimate of drug-likeness (QED) is 0.764. The largest absolute Gasteiger partial charge is 0.393 e. The zero-order valence-corrected chi connectivity index (χ0v) is 9.81. The molecule has 2 fully saturated rings. The van der Waals surface area contributed by atoms with Gasteiger partial charge in [-0.15, -0.1) is 0 Å². The smallest absolute Gasteiger partial charge is 0.326 e. The zero-order chi connectivity index (χ0) is 14.2. The third-order valence-corrected chi connectivity index (χ3v) is 3.33. The fourth-order valence-corrected chi connectivity index (χ4v) is 2.16. The first kappa shape index (κ1) is 14.1. The summed E-state index contributed by atoms with van der Waals surface area (Å²) in [6, 6.07) is -0.882. The van der Waals surface area contributed by atoms with Crippen LogP contribution in [0, 0.1) is 0 Å². The van der Waals surface area contributed by atoms with E-state index in [1.807, 2.05) is 0 Å². The minimum Gasteiger partial charge on any atom is -0.393 e. The van der Waals surface area contributed by atoms with Crippen LogP contribution in [0.25, 0.3) is 0 Å². The zero-order valence-electron chi connectivity index (χ0n) is 9.81. The van der Waals surface area contributed by atoms with Crippen LogP contribution >= 0.6 is 0 Å². The maximum absolute atomic E-state index is 13.2. The normalized spacial score (nSPS) is 35.9. The topological polar surface area (TPSA) is 78.9 Å². The molecule has 2 aliphatic rings. The lowest BCUT2D eigenvalue weighted by Gasteiger charge is -2.34. The third kappa shape index (κ3) is 2.39. The number of rotatable bonds is 3. The van der Waals surface area contributed by atoms with E-state index in [2.05, 4.69) is 0 Å². The Kier molecular flexibility index (Phi) is 3.68. The van der Waals surface area contributed by atoms with Gasteiger partial charge >= 0.3 is 6.03 Å². The van der Waals surface area contributed by atoms with Crippen molar-refractivity contribution in [3.05, 3.63) is 0 Å². The van der Waals surface area contributed by atoms with Crippen LogP contribution in [0.2, 0.25) is 0 Å². The molecule has 0 spiro atoms. The summed E-state index contributed by atoms with van der Waals surface area (Å²) in [7, 11) is 0. The van der Waals surface area contributed by atoms with E-state index in [9.17, 15) is 22.8 Å². The standard InChI is InChI=1S/C10H13F3N2O4/c11-5-3-15(9(18)14-7(5)17)6-1-2-10(4-16,19-6)8(12)13/h5-6,8,16H,1-4H2,(H,14,17,18)/t5?,6-,10-/m0/s1. The van der Waals surface area contributed by atoms with Crippen molar-refractivity contribution in [1.82, 2.24) is 10.2 Å². The molecule has 6 nitrogen and oxygen atoms in total. The number of ether oxygens (including phenoxy) is 1. The summed E-state index contributed by atoms with van der Waals surface area (Å²) in [6.45, 7) is -1.44. The number of imide groups is 1. The van der Waals surface area contributed by atoms with Crippen molar-refractivity contribution in [2.45, 2.75) is 37.3 Å². The highest BCUT2D eigenvalue weighted by Crippen LogP contribution is 2.37. The number of aliphatic hydroxyl groups is 1. The van der Waals surface area contributed by atoms with Gasteiger partial charge in [0.25, 0.3) is 12.3 Å². The fraction of sp³-hybridized carbons (Fsp3) is 0.800. The number of nitrogens with zero attached hydrogens (tertiary/aromatic N) is 1. The second kappa shape index (κ2) is 4.97. The fourth-order valence-electron chi connectivity index (χ4n) is 2.16. The summed E-state index contributed by atoms with van der Waals surface area (Å²) in [6.07, 6.45) is -6.03. The van der Waals surface area contributed by atoms with Gasteiger partial charge in [-0.2, -0.15) is 0 Å². The molecular formula is C10H13F3N2O4. The second-order valence-electron chi connectivity index (χ2n) is 4.55. The van der Waals surface area contributed by atoms with Gasteiger partial charge in [-0.25, -0.2) is 18.0 Å². The van der Waals surface area contributed by atoms with Gasteiger partial charge in [0.2, 0.25) is 0 Å². The maximum Gasteiger partial charge on any atom is 0.326 e. The monoisotopic (exact) mass is 282 g/mol. The Morgan fingerprint density at radius 2 is 2.21 bits per heavy atom. The molecule has 19 heavy (non-hydrogen) atoms. The molecule has 0 aromatic rings. The SMILES string of the molecule is O=C1NC(=O)N([C@@H]2CC[C@](CO)(C(F)F)O2)CC1F. The maximum atomic E-state index is 13.2. The predicted molar refractivity (Wildman–Crippen MR) is 55.1 cm³/mol. The highest BCUT2D eigenvalue weighted by atomic mass is 19.3. The molecule has 3 amide bonds. The molecule has 0 aliphatic carbocycles. The highest BCUT2D eigenvalue weighted by Gasteiger charge is 2.51. The highest BCUT2D eigenvalue weighted by molar-refractivity contribution is 5.99. The van der Waals surface area contributed by atoms with Gasteiger partial charge < -0.3 is 9.84 Å². The van der Waals surface area contributed by atoms with Crippen LogP contribution in [0.5, 0.6) is 0 Å². The van der Waals surface area contributed by atoms with Crippen LogP contribution in [0.1, 0.15) is 12.8 Å². The Morgan fingerprint density at radius 1 is 1.53 bits per heavy atom. The van der Waals surface area contributed by atoms with E-state index in [0.29, 0.717) is 0 Å². The lowest BCUT2D eigenvalue weighted by Crippen LogP contribution is -2.59. The molecule has 108 valence electrons. The number of nitrogens with one attached hydrogen (secondary N) is 1. The molecular weight excluding hydrogens is 269 g/mol. The predicted octanol–water partition coefficient (Wildman–Crippen LogP) is 0.00900. The molecule has 2 aliphatic heterocycles. The van der Waals surface area contributed by atoms with Crippen LogP contribution in [0.15, 0.2) is 0 Å². The van der Waals surface area contributed by atoms with Gasteiger partial charge in [-0.3, -0.25) is 15.0 Å². The van der Waals surface area contributed by atoms with E-state index >= 15 is 0 Å². The molecule has 3 atom stereocenters. The van der Waals surface area contributed by atoms with Crippen molar-refractivity contribution in [2.75, 3.05) is 13.2 Å². The summed E-state index contributed by atoms with van der Waals surface area (Å²) >= 11 is 0. The van der Waals surface area contributed by atoms with Gasteiger partial charge in [-0.1, -0.05) is 0 Å². The van der Waals surface area contributed by atoms with Gasteiger partial charge in [0.05, 0.1) is 13.2 Å². The third-order valence-electron chi connectivity index (χ3n) is 3.33. The molecule has 2 saturated heterocycles. The molecule has 2 rings (SSSR count). The number of halogens is 3. The van der Waals surface area contributed by atoms with Crippen molar-refractivity contribution in [3.8, 4) is 0 Å². The summed E-state index contributed by atoms with van der Waals surface area (Å²) < 4.78 is 43.9. The van der Waals surface area contributed by atoms with Gasteiger partial charge in [0.15, 0.2) is 11.8 Å². The van der Waals surface area contributed by atoms with Crippen LogP contribution in [-0.4, -0.2) is 59.5 Å². The van der Waals surface area contributed by atoms with Gasteiger partial charge in [0, 0.05) is 0 Å². The molecule has 0 aromatic heterocycles. The molecule has 0 aromatic carbocycles. The summed E-state index contributed by atoms with van der Waals surface area (Å²) in [5.41, 5.74) is -2.03. The molecule has 0 saturated carbocycles. The Morgan fingerprint density at radius 3 is 2.74 bits per heavy atom. The average molecular weight is 282 g/mol. The number of amides is 3. The number of carbonyl (C=O) groups excluding carboxylic acids is 2. The van der Waals surface area contributed by atoms with E-state index in [1.165, 1.54) is 0 Å². The number of hydrogen-bond acceptors (Lipinski definition) is 4. The Bertz CT molecular complexity index is 395. The van der Waals surface area contributed by atoms with Crippen LogP contribution in [0.4, 0.5) is 18.0 Å². The minimum atomic E-state index is -2.92. The summed E-state index contributed by atoms with van der Waals surface area (Å²) in [4.78, 5) is 23.3. The van der Waals surface area contributed by atoms with Crippen LogP contribution in [0.3, 0.4) is 0 Å². The van der Waals surface area contributed by atoms with E-state index in [0.717, 1.165) is 4.90 Å². The first-order valence-electron chi connectivity index (χ1n) is 5.72. The van der Waals surface area contributed by atoms with Crippen molar-refractivity contribution in [1.29, 1.82) is 0 Å². The van der Waals surface area contributed by atoms with E-state index in [-0.39, 0.29) is 12.8 Å². The molecule has 0 radical (unpaired) electrons. The van der Waals surface area contributed by atoms with Gasteiger partial charge in [-0.05, 0) is 12.8 Å². The van der Waals surface area contributed by atoms with Gasteiger partial charge in [0.1, 0.15) is 6.23 Å². The first-order chi connectivity index (χ1) is 8.89. The lowest BCUT2D eigenvalue weighted by molar-refractivity contribution is -0.179. The van der Waals surface area contributed by atoms with Crippen molar-refractivity contribution in [2.24, 2.45) is 0 Å². The van der Waals surface area contributed by atoms with Crippen LogP contribution in [-0.2, 0) is 9.53 Å². The number of alkyl halides is 3. The van der Waals surface area contributed by atoms with E-state index < -0.39 is 49.5 Å². The number of urea groups is 1. The van der Waals surface area contributed by atoms with E-state index in [1.54, 1.807) is 5.32 Å². The summed E-state index contributed by atoms with van der Waals surface area (Å²) in [5, 5.41) is 10.8. The summed E-state index contributed by atoms with van der Waals surface area (Å²) in [5.74, 6) is -1.05. The van der Waals surface area contributed by atoms with Crippen LogP contribution < -0.4 is 5.32 Å². The molecule has 9 heteroatoms. The Labute approximate surface area is 106 Å². The minimum absolute atomic E-state index is 0.0409. The lowest BCUT2D eigenvalue weighted by atomic mass is 10.0. The number of carbonyl (C=O) groups is 2. The molecule has 1 unspecified atom stereocenters. The number of hydrogen-bond donors (Lipinski definition) is 2. The second-order valence-corrected chi connectivity index (χ2v) is 4.55. The Balaban J connectivity index is 2.08. The van der Waals surface area contributed by atoms with Crippen molar-refractivity contribution < 1.29 is 32.6 Å². The molecule has 0 bridgehead atoms.